The van der Waals surface area contributed by atoms with E-state index in [2.05, 4.69) is 310 Å². The van der Waals surface area contributed by atoms with E-state index in [0.29, 0.717) is 12.3 Å². The Bertz CT molecular complexity index is 3140. The predicted molar refractivity (Wildman–Crippen MR) is 375 cm³/mol. The number of hydrogen-bond donors (Lipinski definition) is 2. The van der Waals surface area contributed by atoms with Gasteiger partial charge < -0.3 is 16.0 Å². The fourth-order valence-corrected chi connectivity index (χ4v) is 11.0. The number of nitrogens with zero attached hydrogens (tertiary/aromatic N) is 1. The van der Waals surface area contributed by atoms with E-state index in [0.717, 1.165) is 77.1 Å². The summed E-state index contributed by atoms with van der Waals surface area (Å²) in [4.78, 5) is 2.41. The van der Waals surface area contributed by atoms with Crippen LogP contribution in [0.3, 0.4) is 0 Å². The van der Waals surface area contributed by atoms with Gasteiger partial charge in [0.15, 0.2) is 0 Å². The fourth-order valence-electron chi connectivity index (χ4n) is 11.0. The summed E-state index contributed by atoms with van der Waals surface area (Å²) in [6, 6.07) is 21.1. The number of benzene rings is 3. The summed E-state index contributed by atoms with van der Waals surface area (Å²) in [7, 11) is 0. The Morgan fingerprint density at radius 2 is 1.49 bits per heavy atom. The maximum absolute atomic E-state index is 7.76. The molecule has 0 saturated carbocycles. The molecule has 3 N–H and O–H groups in total. The van der Waals surface area contributed by atoms with Crippen molar-refractivity contribution in [1.29, 1.82) is 0 Å². The lowest BCUT2D eigenvalue weighted by Gasteiger charge is -2.31. The van der Waals surface area contributed by atoms with E-state index in [1.54, 1.807) is 0 Å². The second kappa shape index (κ2) is 33.9. The standard InChI is InChI=1S/C74H92BN3.C3H8.C2H6/c1-16-28-56(67-37-27-36-59-49-54(8)32-25-26-33-55(9)72(59)67)38-39-58-40-41-62(74(13,14)15)51-69(58)75(71(76)52-77-63-44-42-61(43-45-63)73(10,11)12)68-47-46-65(50-60(68)48-53(7)20-5)78(64(21-6)29-17-2)70(31-19-4)66(30-18-3)57-34-23-22-24-35-57;1-3-2;1-2/h16-21,23,25-38,40-42,44,46-48,50-52,54-55,77H,5,22,24,39,43,45,49,76H2,1-4,6-15H3;3H2,1-2H3;1-2H3/b28-16-,29-17-,30-18-,31-19-,32-25-,33-26-,53-48-,56-38+,64-21+,70-66-,71-52+;;. The first kappa shape index (κ1) is 68.5. The van der Waals surface area contributed by atoms with E-state index < -0.39 is 0 Å². The van der Waals surface area contributed by atoms with Gasteiger partial charge in [-0.3, -0.25) is 0 Å². The van der Waals surface area contributed by atoms with Crippen molar-refractivity contribution in [1.82, 2.24) is 5.32 Å². The molecule has 0 amide bonds. The summed E-state index contributed by atoms with van der Waals surface area (Å²) in [5, 5.41) is 3.75. The first-order valence-electron chi connectivity index (χ1n) is 31.2. The predicted octanol–water partition coefficient (Wildman–Crippen LogP) is 20.8. The largest absolute Gasteiger partial charge is 0.408 e. The molecule has 0 heterocycles. The minimum atomic E-state index is -0.331. The van der Waals surface area contributed by atoms with Gasteiger partial charge in [-0.15, -0.1) is 0 Å². The van der Waals surface area contributed by atoms with E-state index >= 15 is 0 Å². The summed E-state index contributed by atoms with van der Waals surface area (Å²) in [5.41, 5.74) is 29.0. The zero-order valence-corrected chi connectivity index (χ0v) is 54.8. The molecule has 3 aromatic rings. The summed E-state index contributed by atoms with van der Waals surface area (Å²) < 4.78 is 0. The highest BCUT2D eigenvalue weighted by atomic mass is 15.2. The number of anilines is 1. The van der Waals surface area contributed by atoms with Gasteiger partial charge >= 0.3 is 0 Å². The molecule has 3 nitrogen and oxygen atoms in total. The van der Waals surface area contributed by atoms with Gasteiger partial charge in [0.1, 0.15) is 0 Å². The third-order valence-electron chi connectivity index (χ3n) is 15.3. The minimum Gasteiger partial charge on any atom is -0.408 e. The summed E-state index contributed by atoms with van der Waals surface area (Å²) in [6.45, 7) is 43.4. The van der Waals surface area contributed by atoms with E-state index in [1.807, 2.05) is 19.9 Å². The molecule has 0 fully saturated rings. The van der Waals surface area contributed by atoms with Gasteiger partial charge in [0, 0.05) is 34.8 Å². The van der Waals surface area contributed by atoms with Crippen molar-refractivity contribution in [2.24, 2.45) is 17.1 Å². The third-order valence-corrected chi connectivity index (χ3v) is 15.3. The maximum atomic E-state index is 7.76. The van der Waals surface area contributed by atoms with Crippen LogP contribution in [0.15, 0.2) is 234 Å². The molecule has 0 spiro atoms. The molecule has 0 aliphatic heterocycles. The number of hydrogen-bond acceptors (Lipinski definition) is 3. The van der Waals surface area contributed by atoms with Crippen molar-refractivity contribution in [2.45, 2.75) is 181 Å². The van der Waals surface area contributed by atoms with E-state index in [4.69, 9.17) is 5.73 Å². The molecule has 2 atom stereocenters. The van der Waals surface area contributed by atoms with Gasteiger partial charge in [-0.1, -0.05) is 270 Å². The highest BCUT2D eigenvalue weighted by Crippen LogP contribution is 2.37. The van der Waals surface area contributed by atoms with E-state index in [9.17, 15) is 0 Å². The van der Waals surface area contributed by atoms with Crippen molar-refractivity contribution >= 4 is 35.0 Å². The summed E-state index contributed by atoms with van der Waals surface area (Å²) in [6.07, 6.45) is 56.2. The van der Waals surface area contributed by atoms with E-state index in [-0.39, 0.29) is 23.5 Å². The average Bonchev–Trinajstić information content (AvgIpc) is 3.46. The van der Waals surface area contributed by atoms with Gasteiger partial charge in [0.2, 0.25) is 0 Å². The molecule has 3 aromatic carbocycles. The Morgan fingerprint density at radius 3 is 2.10 bits per heavy atom. The number of rotatable bonds is 18. The molecule has 2 unspecified atom stereocenters. The first-order chi connectivity index (χ1) is 39.8. The third kappa shape index (κ3) is 19.3. The molecular weight excluding hydrogens is 1000 g/mol. The lowest BCUT2D eigenvalue weighted by Crippen LogP contribution is -2.50. The van der Waals surface area contributed by atoms with Crippen LogP contribution in [-0.4, -0.2) is 6.71 Å². The van der Waals surface area contributed by atoms with Crippen LogP contribution in [0.25, 0.3) is 11.6 Å². The van der Waals surface area contributed by atoms with Gasteiger partial charge in [-0.2, -0.15) is 0 Å². The molecule has 6 rings (SSSR count). The van der Waals surface area contributed by atoms with Crippen molar-refractivity contribution in [3.05, 3.63) is 267 Å². The first-order valence-corrected chi connectivity index (χ1v) is 31.2. The Labute approximate surface area is 507 Å². The number of nitrogens with one attached hydrogen (secondary N) is 1. The zero-order chi connectivity index (χ0) is 61.3. The smallest absolute Gasteiger partial charge is 0.264 e. The van der Waals surface area contributed by atoms with Crippen LogP contribution in [-0.2, 0) is 18.3 Å². The van der Waals surface area contributed by atoms with Gasteiger partial charge in [-0.05, 0) is 177 Å². The maximum Gasteiger partial charge on any atom is 0.264 e. The molecule has 3 aliphatic carbocycles. The Kier molecular flexibility index (Phi) is 28.0. The molecule has 0 saturated heterocycles. The second-order valence-electron chi connectivity index (χ2n) is 24.1. The topological polar surface area (TPSA) is 41.3 Å². The van der Waals surface area contributed by atoms with Crippen molar-refractivity contribution in [3.8, 4) is 0 Å². The van der Waals surface area contributed by atoms with Crippen LogP contribution in [0, 0.1) is 11.3 Å². The highest BCUT2D eigenvalue weighted by Gasteiger charge is 2.31. The lowest BCUT2D eigenvalue weighted by molar-refractivity contribution is 0.478. The highest BCUT2D eigenvalue weighted by molar-refractivity contribution is 6.91. The molecule has 440 valence electrons. The number of fused-ring (bicyclic) bond motifs is 1. The summed E-state index contributed by atoms with van der Waals surface area (Å²) >= 11 is 0. The average molecular weight is 1110 g/mol. The molecule has 3 aliphatic rings. The quantitative estimate of drug-likeness (QED) is 0.0985. The Morgan fingerprint density at radius 1 is 0.795 bits per heavy atom. The lowest BCUT2D eigenvalue weighted by atomic mass is 9.36. The zero-order valence-electron chi connectivity index (χ0n) is 54.8. The van der Waals surface area contributed by atoms with Crippen LogP contribution in [0.1, 0.15) is 196 Å². The molecule has 0 radical (unpaired) electrons. The van der Waals surface area contributed by atoms with Crippen molar-refractivity contribution < 1.29 is 0 Å². The Balaban J connectivity index is 0.00000286. The van der Waals surface area contributed by atoms with Crippen LogP contribution in [0.4, 0.5) is 5.69 Å². The molecule has 83 heavy (non-hydrogen) atoms. The number of nitrogens with two attached hydrogens (primary N) is 1. The van der Waals surface area contributed by atoms with Crippen molar-refractivity contribution in [2.75, 3.05) is 4.90 Å². The van der Waals surface area contributed by atoms with Gasteiger partial charge in [-0.25, -0.2) is 0 Å². The van der Waals surface area contributed by atoms with Gasteiger partial charge in [0.05, 0.1) is 5.70 Å². The molecule has 0 bridgehead atoms. The fraction of sp³-hybridized carbons (Fsp3) is 0.367. The molecular formula is C79H106BN3. The molecule has 4 heteroatoms. The normalized spacial score (nSPS) is 18.4. The minimum absolute atomic E-state index is 0.120. The van der Waals surface area contributed by atoms with Crippen LogP contribution in [0.5, 0.6) is 0 Å². The monoisotopic (exact) mass is 1110 g/mol. The van der Waals surface area contributed by atoms with Crippen LogP contribution in [0.2, 0.25) is 0 Å². The SMILES string of the molecule is C=C/C(C)=C\c1cc(N(C(/C=C\C)=C(/C=C\C)C2=CCCC=C2)C(/C=C\C)=C/C)ccc1B(/C(N)=C\NC1=CC=C(C(C)(C)C)CC1)c1cc(C(C)(C)C)ccc1C/C=C(\C=C/C)c1cccc2c1C(C)/C=C\C=C/C(C)C2.CC.CCC. The number of allylic oxidation sites excluding steroid dienone is 26. The van der Waals surface area contributed by atoms with Crippen LogP contribution >= 0.6 is 0 Å². The molecule has 0 aromatic heterocycles. The summed E-state index contributed by atoms with van der Waals surface area (Å²) in [5.74, 6) is 0.693. The van der Waals surface area contributed by atoms with Gasteiger partial charge in [0.25, 0.3) is 6.71 Å². The van der Waals surface area contributed by atoms with Crippen molar-refractivity contribution in [3.63, 3.8) is 0 Å². The van der Waals surface area contributed by atoms with E-state index in [1.165, 1.54) is 62.0 Å². The van der Waals surface area contributed by atoms with Crippen LogP contribution < -0.4 is 26.9 Å². The second-order valence-corrected chi connectivity index (χ2v) is 24.1. The Hall–Kier alpha value is -7.04.